The van der Waals surface area contributed by atoms with Crippen LogP contribution in [-0.4, -0.2) is 44.0 Å². The van der Waals surface area contributed by atoms with Gasteiger partial charge in [-0.2, -0.15) is 5.26 Å². The molecule has 1 saturated heterocycles. The Morgan fingerprint density at radius 1 is 0.733 bits per heavy atom. The molecule has 1 unspecified atom stereocenters. The van der Waals surface area contributed by atoms with Gasteiger partial charge in [0.15, 0.2) is 0 Å². The summed E-state index contributed by atoms with van der Waals surface area (Å²) in [7, 11) is -1.59. The smallest absolute Gasteiger partial charge is 0.138 e. The van der Waals surface area contributed by atoms with Crippen molar-refractivity contribution < 1.29 is 0 Å². The highest BCUT2D eigenvalue weighted by molar-refractivity contribution is 6.81. The van der Waals surface area contributed by atoms with Gasteiger partial charge >= 0.3 is 0 Å². The first-order valence-electron chi connectivity index (χ1n) is 13.6. The van der Waals surface area contributed by atoms with Crippen molar-refractivity contribution in [2.45, 2.75) is 126 Å². The second kappa shape index (κ2) is 11.0. The minimum Gasteiger partial charge on any atom is -0.310 e. The number of hydrogen-bond donors (Lipinski definition) is 0. The molecule has 0 bridgehead atoms. The van der Waals surface area contributed by atoms with Gasteiger partial charge in [-0.3, -0.25) is 4.90 Å². The molecule has 1 aliphatic heterocycles. The molecule has 3 nitrogen and oxygen atoms in total. The molecule has 0 spiro atoms. The Kier molecular flexibility index (Phi) is 8.34. The predicted molar refractivity (Wildman–Crippen MR) is 129 cm³/mol. The van der Waals surface area contributed by atoms with Crippen molar-refractivity contribution in [1.29, 1.82) is 5.26 Å². The molecule has 0 N–H and O–H groups in total. The topological polar surface area (TPSA) is 30.3 Å². The standard InChI is InChI=1S/C26H47N3Si/c1-23(20-27)21-28-18-11-19-29(22-28)30(24-12-5-2-6-13-24,25-14-7-3-8-15-25)26-16-9-4-10-17-26/h23-26H,2-19,21-22H2,1H3. The van der Waals surface area contributed by atoms with E-state index in [9.17, 15) is 5.26 Å². The first-order chi connectivity index (χ1) is 14.7. The van der Waals surface area contributed by atoms with Crippen molar-refractivity contribution in [3.8, 4) is 6.07 Å². The lowest BCUT2D eigenvalue weighted by Crippen LogP contribution is -2.67. The van der Waals surface area contributed by atoms with E-state index in [1.807, 2.05) is 0 Å². The van der Waals surface area contributed by atoms with E-state index in [1.54, 1.807) is 38.5 Å². The fourth-order valence-corrected chi connectivity index (χ4v) is 16.8. The van der Waals surface area contributed by atoms with Crippen molar-refractivity contribution in [3.05, 3.63) is 0 Å². The van der Waals surface area contributed by atoms with E-state index in [-0.39, 0.29) is 5.92 Å². The van der Waals surface area contributed by atoms with Crippen molar-refractivity contribution in [2.24, 2.45) is 5.92 Å². The molecule has 3 aliphatic carbocycles. The molecule has 0 aromatic heterocycles. The van der Waals surface area contributed by atoms with Crippen LogP contribution in [-0.2, 0) is 0 Å². The van der Waals surface area contributed by atoms with E-state index in [0.717, 1.165) is 23.2 Å². The molecule has 0 radical (unpaired) electrons. The highest BCUT2D eigenvalue weighted by atomic mass is 28.3. The Morgan fingerprint density at radius 3 is 1.63 bits per heavy atom. The molecule has 4 aliphatic rings. The molecule has 0 aromatic carbocycles. The Morgan fingerprint density at radius 2 is 1.20 bits per heavy atom. The van der Waals surface area contributed by atoms with Gasteiger partial charge in [-0.1, -0.05) is 96.3 Å². The summed E-state index contributed by atoms with van der Waals surface area (Å²) in [6, 6.07) is 2.51. The van der Waals surface area contributed by atoms with Gasteiger partial charge < -0.3 is 4.57 Å². The van der Waals surface area contributed by atoms with Crippen LogP contribution in [0.2, 0.25) is 16.6 Å². The van der Waals surface area contributed by atoms with Crippen LogP contribution in [0.4, 0.5) is 0 Å². The average molecular weight is 430 g/mol. The monoisotopic (exact) mass is 429 g/mol. The van der Waals surface area contributed by atoms with Gasteiger partial charge in [0.05, 0.1) is 12.0 Å². The lowest BCUT2D eigenvalue weighted by molar-refractivity contribution is 0.121. The first kappa shape index (κ1) is 22.8. The van der Waals surface area contributed by atoms with Crippen LogP contribution in [0.3, 0.4) is 0 Å². The van der Waals surface area contributed by atoms with E-state index in [1.165, 1.54) is 84.0 Å². The van der Waals surface area contributed by atoms with E-state index >= 15 is 0 Å². The Bertz CT molecular complexity index is 510. The summed E-state index contributed by atoms with van der Waals surface area (Å²) in [5.41, 5.74) is 3.18. The summed E-state index contributed by atoms with van der Waals surface area (Å²) in [5.74, 6) is 0.167. The Hall–Kier alpha value is -0.373. The Labute approximate surface area is 187 Å². The van der Waals surface area contributed by atoms with Gasteiger partial charge in [-0.25, -0.2) is 0 Å². The fraction of sp³-hybridized carbons (Fsp3) is 0.962. The largest absolute Gasteiger partial charge is 0.310 e. The number of rotatable bonds is 6. The summed E-state index contributed by atoms with van der Waals surface area (Å²) < 4.78 is 3.20. The highest BCUT2D eigenvalue weighted by Gasteiger charge is 2.56. The van der Waals surface area contributed by atoms with Crippen LogP contribution >= 0.6 is 0 Å². The zero-order valence-corrected chi connectivity index (χ0v) is 20.8. The first-order valence-corrected chi connectivity index (χ1v) is 15.8. The predicted octanol–water partition coefficient (Wildman–Crippen LogP) is 7.06. The van der Waals surface area contributed by atoms with Crippen molar-refractivity contribution >= 4 is 8.24 Å². The summed E-state index contributed by atoms with van der Waals surface area (Å²) >= 11 is 0. The minimum absolute atomic E-state index is 0.167. The zero-order valence-electron chi connectivity index (χ0n) is 19.8. The van der Waals surface area contributed by atoms with E-state index in [4.69, 9.17) is 0 Å². The van der Waals surface area contributed by atoms with Crippen LogP contribution in [0, 0.1) is 17.2 Å². The third-order valence-electron chi connectivity index (χ3n) is 9.35. The van der Waals surface area contributed by atoms with Crippen LogP contribution in [0.1, 0.15) is 110 Å². The van der Waals surface area contributed by atoms with Crippen LogP contribution in [0.5, 0.6) is 0 Å². The highest BCUT2D eigenvalue weighted by Crippen LogP contribution is 2.58. The molecular formula is C26H47N3Si. The third kappa shape index (κ3) is 4.84. The molecule has 4 rings (SSSR count). The van der Waals surface area contributed by atoms with Gasteiger partial charge in [0.1, 0.15) is 8.24 Å². The van der Waals surface area contributed by atoms with E-state index in [2.05, 4.69) is 22.5 Å². The van der Waals surface area contributed by atoms with Gasteiger partial charge in [0.25, 0.3) is 0 Å². The molecule has 0 aromatic rings. The number of hydrogen-bond acceptors (Lipinski definition) is 3. The second-order valence-electron chi connectivity index (χ2n) is 11.3. The van der Waals surface area contributed by atoms with E-state index in [0.29, 0.717) is 0 Å². The summed E-state index contributed by atoms with van der Waals surface area (Å²) in [5, 5.41) is 9.42. The molecule has 30 heavy (non-hydrogen) atoms. The molecule has 4 heteroatoms. The van der Waals surface area contributed by atoms with Crippen LogP contribution in [0.15, 0.2) is 0 Å². The maximum atomic E-state index is 9.42. The normalized spacial score (nSPS) is 28.3. The van der Waals surface area contributed by atoms with Gasteiger partial charge in [0.2, 0.25) is 0 Å². The maximum Gasteiger partial charge on any atom is 0.138 e. The molecular weight excluding hydrogens is 382 g/mol. The summed E-state index contributed by atoms with van der Waals surface area (Å²) in [4.78, 5) is 2.67. The van der Waals surface area contributed by atoms with Crippen molar-refractivity contribution in [3.63, 3.8) is 0 Å². The SMILES string of the molecule is CC(C#N)CN1CCCN([Si](C2CCCCC2)(C2CCCCC2)C2CCCCC2)C1. The molecule has 1 atom stereocenters. The van der Waals surface area contributed by atoms with Crippen molar-refractivity contribution in [2.75, 3.05) is 26.3 Å². The van der Waals surface area contributed by atoms with E-state index < -0.39 is 8.24 Å². The van der Waals surface area contributed by atoms with Crippen LogP contribution < -0.4 is 0 Å². The van der Waals surface area contributed by atoms with Gasteiger partial charge in [-0.05, 0) is 36.5 Å². The fourth-order valence-electron chi connectivity index (χ4n) is 8.23. The van der Waals surface area contributed by atoms with Crippen molar-refractivity contribution in [1.82, 2.24) is 9.47 Å². The summed E-state index contributed by atoms with van der Waals surface area (Å²) in [6.45, 7) is 6.88. The molecule has 4 fully saturated rings. The molecule has 170 valence electrons. The molecule has 3 saturated carbocycles. The zero-order chi connectivity index (χ0) is 20.8. The third-order valence-corrected chi connectivity index (χ3v) is 16.5. The lowest BCUT2D eigenvalue weighted by Gasteiger charge is -2.60. The van der Waals surface area contributed by atoms with Gasteiger partial charge in [0, 0.05) is 19.8 Å². The number of nitrogens with zero attached hydrogens (tertiary/aromatic N) is 3. The molecule has 0 amide bonds. The van der Waals surface area contributed by atoms with Gasteiger partial charge in [-0.15, -0.1) is 0 Å². The quantitative estimate of drug-likeness (QED) is 0.423. The molecule has 1 heterocycles. The van der Waals surface area contributed by atoms with Crippen LogP contribution in [0.25, 0.3) is 0 Å². The lowest BCUT2D eigenvalue weighted by atomic mass is 9.98. The number of nitriles is 1. The Balaban J connectivity index is 1.67. The minimum atomic E-state index is -1.59. The second-order valence-corrected chi connectivity index (χ2v) is 16.1. The average Bonchev–Trinajstić information content (AvgIpc) is 2.82. The maximum absolute atomic E-state index is 9.42. The summed E-state index contributed by atoms with van der Waals surface area (Å²) in [6.07, 6.45) is 24.1.